The van der Waals surface area contributed by atoms with Crippen molar-refractivity contribution in [1.29, 1.82) is 0 Å². The maximum atomic E-state index is 11.0. The highest BCUT2D eigenvalue weighted by atomic mass is 32.1. The number of nitrogens with zero attached hydrogens (tertiary/aromatic N) is 2. The van der Waals surface area contributed by atoms with Crippen LogP contribution >= 0.6 is 11.3 Å². The summed E-state index contributed by atoms with van der Waals surface area (Å²) in [4.78, 5) is 21.8. The van der Waals surface area contributed by atoms with Gasteiger partial charge in [-0.1, -0.05) is 36.4 Å². The molecule has 4 rings (SSSR count). The van der Waals surface area contributed by atoms with Crippen LogP contribution in [0.2, 0.25) is 0 Å². The van der Waals surface area contributed by atoms with Crippen molar-refractivity contribution in [3.8, 4) is 16.2 Å². The Balaban J connectivity index is 1.73. The second kappa shape index (κ2) is 7.78. The van der Waals surface area contributed by atoms with Gasteiger partial charge in [-0.25, -0.2) is 9.97 Å². The van der Waals surface area contributed by atoms with Crippen LogP contribution in [0.25, 0.3) is 20.7 Å². The number of ether oxygens (including phenoxy) is 1. The van der Waals surface area contributed by atoms with E-state index in [1.54, 1.807) is 36.9 Å². The zero-order valence-corrected chi connectivity index (χ0v) is 16.4. The van der Waals surface area contributed by atoms with Gasteiger partial charge in [0, 0.05) is 22.0 Å². The third-order valence-corrected chi connectivity index (χ3v) is 5.69. The molecule has 0 aliphatic rings. The van der Waals surface area contributed by atoms with E-state index in [2.05, 4.69) is 40.4 Å². The summed E-state index contributed by atoms with van der Waals surface area (Å²) in [6.07, 6.45) is 2.39. The van der Waals surface area contributed by atoms with E-state index >= 15 is 0 Å². The Morgan fingerprint density at radius 2 is 1.93 bits per heavy atom. The van der Waals surface area contributed by atoms with Crippen LogP contribution in [0.5, 0.6) is 5.75 Å². The molecule has 28 heavy (non-hydrogen) atoms. The van der Waals surface area contributed by atoms with Gasteiger partial charge in [-0.05, 0) is 30.7 Å². The zero-order valence-electron chi connectivity index (χ0n) is 15.5. The molecule has 0 bridgehead atoms. The number of fused-ring (bicyclic) bond motifs is 1. The van der Waals surface area contributed by atoms with E-state index in [0.29, 0.717) is 11.3 Å². The number of carbonyl (C=O) groups excluding carboxylic acids is 1. The van der Waals surface area contributed by atoms with Crippen molar-refractivity contribution in [3.63, 3.8) is 0 Å². The predicted molar refractivity (Wildman–Crippen MR) is 113 cm³/mol. The van der Waals surface area contributed by atoms with Crippen LogP contribution in [0.15, 0.2) is 60.9 Å². The van der Waals surface area contributed by atoms with Gasteiger partial charge >= 0.3 is 0 Å². The molecule has 0 saturated heterocycles. The molecule has 2 aromatic carbocycles. The number of carbonyl (C=O) groups is 1. The fourth-order valence-electron chi connectivity index (χ4n) is 3.12. The molecular formula is C22H19N3O2S. The maximum Gasteiger partial charge on any atom is 0.150 e. The second-order valence-corrected chi connectivity index (χ2v) is 7.44. The molecule has 6 heteroatoms. The minimum absolute atomic E-state index is 0.115. The lowest BCUT2D eigenvalue weighted by atomic mass is 10.1. The fourth-order valence-corrected chi connectivity index (χ4v) is 4.15. The van der Waals surface area contributed by atoms with Crippen molar-refractivity contribution in [2.24, 2.45) is 0 Å². The number of benzene rings is 2. The molecule has 0 fully saturated rings. The van der Waals surface area contributed by atoms with Crippen LogP contribution in [-0.4, -0.2) is 23.4 Å². The molecular weight excluding hydrogens is 370 g/mol. The molecule has 0 aliphatic carbocycles. The number of thiophene rings is 1. The summed E-state index contributed by atoms with van der Waals surface area (Å²) in [5, 5.41) is 4.46. The maximum absolute atomic E-state index is 11.0. The number of nitrogens with one attached hydrogen (secondary N) is 1. The Kier molecular flexibility index (Phi) is 5.04. The van der Waals surface area contributed by atoms with Gasteiger partial charge in [0.2, 0.25) is 0 Å². The van der Waals surface area contributed by atoms with E-state index in [1.165, 1.54) is 5.56 Å². The third kappa shape index (κ3) is 3.46. The Labute approximate surface area is 167 Å². The van der Waals surface area contributed by atoms with Crippen LogP contribution in [0.4, 0.5) is 5.82 Å². The van der Waals surface area contributed by atoms with Gasteiger partial charge in [-0.2, -0.15) is 0 Å². The molecule has 0 saturated carbocycles. The lowest BCUT2D eigenvalue weighted by molar-refractivity contribution is 0.112. The third-order valence-electron chi connectivity index (χ3n) is 4.61. The topological polar surface area (TPSA) is 64.1 Å². The van der Waals surface area contributed by atoms with Crippen molar-refractivity contribution in [2.45, 2.75) is 13.0 Å². The molecule has 0 spiro atoms. The summed E-state index contributed by atoms with van der Waals surface area (Å²) in [5.41, 5.74) is 2.70. The first kappa shape index (κ1) is 18.1. The summed E-state index contributed by atoms with van der Waals surface area (Å²) < 4.78 is 5.49. The Morgan fingerprint density at radius 1 is 1.11 bits per heavy atom. The molecule has 140 valence electrons. The van der Waals surface area contributed by atoms with Gasteiger partial charge in [0.1, 0.15) is 29.0 Å². The first-order chi connectivity index (χ1) is 13.7. The van der Waals surface area contributed by atoms with Crippen molar-refractivity contribution >= 4 is 33.7 Å². The molecule has 4 aromatic rings. The molecule has 0 radical (unpaired) electrons. The zero-order chi connectivity index (χ0) is 19.5. The second-order valence-electron chi connectivity index (χ2n) is 6.41. The lowest BCUT2D eigenvalue weighted by Crippen LogP contribution is -2.08. The largest absolute Gasteiger partial charge is 0.496 e. The molecule has 0 aliphatic heterocycles. The summed E-state index contributed by atoms with van der Waals surface area (Å²) in [6, 6.07) is 17.9. The minimum atomic E-state index is 0.115. The van der Waals surface area contributed by atoms with E-state index < -0.39 is 0 Å². The molecule has 2 aromatic heterocycles. The molecule has 2 heterocycles. The first-order valence-electron chi connectivity index (χ1n) is 8.89. The molecule has 1 unspecified atom stereocenters. The van der Waals surface area contributed by atoms with E-state index in [4.69, 9.17) is 4.74 Å². The first-order valence-corrected chi connectivity index (χ1v) is 9.71. The van der Waals surface area contributed by atoms with Crippen LogP contribution in [0, 0.1) is 0 Å². The smallest absolute Gasteiger partial charge is 0.150 e. The normalized spacial score (nSPS) is 11.9. The van der Waals surface area contributed by atoms with Gasteiger partial charge in [-0.3, -0.25) is 4.79 Å². The Hall–Kier alpha value is -3.25. The van der Waals surface area contributed by atoms with Crippen LogP contribution in [0.1, 0.15) is 28.9 Å². The fraction of sp³-hybridized carbons (Fsp3) is 0.136. The Morgan fingerprint density at radius 3 is 2.68 bits per heavy atom. The van der Waals surface area contributed by atoms with Gasteiger partial charge < -0.3 is 10.1 Å². The number of aromatic nitrogens is 2. The molecule has 5 nitrogen and oxygen atoms in total. The highest BCUT2D eigenvalue weighted by Gasteiger charge is 2.15. The average molecular weight is 389 g/mol. The minimum Gasteiger partial charge on any atom is -0.496 e. The highest BCUT2D eigenvalue weighted by molar-refractivity contribution is 7.22. The summed E-state index contributed by atoms with van der Waals surface area (Å²) in [5.74, 6) is 1.46. The SMILES string of the molecule is COc1cc(C=O)ccc1-c1cc2c(NC(C)c3ccccc3)ncnc2s1. The number of hydrogen-bond acceptors (Lipinski definition) is 6. The molecule has 1 atom stereocenters. The van der Waals surface area contributed by atoms with Crippen molar-refractivity contribution in [3.05, 3.63) is 72.1 Å². The number of anilines is 1. The van der Waals surface area contributed by atoms with Gasteiger partial charge in [0.15, 0.2) is 0 Å². The number of methoxy groups -OCH3 is 1. The number of hydrogen-bond donors (Lipinski definition) is 1. The molecule has 0 amide bonds. The van der Waals surface area contributed by atoms with Gasteiger partial charge in [0.05, 0.1) is 12.5 Å². The molecule has 1 N–H and O–H groups in total. The lowest BCUT2D eigenvalue weighted by Gasteiger charge is -2.15. The average Bonchev–Trinajstić information content (AvgIpc) is 3.19. The van der Waals surface area contributed by atoms with E-state index in [1.807, 2.05) is 24.3 Å². The van der Waals surface area contributed by atoms with E-state index in [-0.39, 0.29) is 6.04 Å². The summed E-state index contributed by atoms with van der Waals surface area (Å²) >= 11 is 1.57. The quantitative estimate of drug-likeness (QED) is 0.450. The summed E-state index contributed by atoms with van der Waals surface area (Å²) in [7, 11) is 1.61. The van der Waals surface area contributed by atoms with E-state index in [9.17, 15) is 4.79 Å². The van der Waals surface area contributed by atoms with Crippen molar-refractivity contribution < 1.29 is 9.53 Å². The number of rotatable bonds is 6. The van der Waals surface area contributed by atoms with Crippen molar-refractivity contribution in [1.82, 2.24) is 9.97 Å². The van der Waals surface area contributed by atoms with Crippen LogP contribution in [0.3, 0.4) is 0 Å². The van der Waals surface area contributed by atoms with Gasteiger partial charge in [0.25, 0.3) is 0 Å². The highest BCUT2D eigenvalue weighted by Crippen LogP contribution is 2.39. The predicted octanol–water partition coefficient (Wildman–Crippen LogP) is 5.35. The Bertz CT molecular complexity index is 1130. The number of aldehydes is 1. The van der Waals surface area contributed by atoms with E-state index in [0.717, 1.165) is 32.8 Å². The van der Waals surface area contributed by atoms with Crippen molar-refractivity contribution in [2.75, 3.05) is 12.4 Å². The van der Waals surface area contributed by atoms with Crippen LogP contribution < -0.4 is 10.1 Å². The monoisotopic (exact) mass is 389 g/mol. The van der Waals surface area contributed by atoms with Crippen LogP contribution in [-0.2, 0) is 0 Å². The van der Waals surface area contributed by atoms with Gasteiger partial charge in [-0.15, -0.1) is 11.3 Å². The standard InChI is InChI=1S/C22H19N3O2S/c1-14(16-6-4-3-5-7-16)25-21-18-11-20(28-22(18)24-13-23-21)17-9-8-15(12-26)10-19(17)27-2/h3-14H,1-2H3,(H,23,24,25). The summed E-state index contributed by atoms with van der Waals surface area (Å²) in [6.45, 7) is 2.11.